The van der Waals surface area contributed by atoms with Crippen molar-refractivity contribution < 1.29 is 0 Å². The molecule has 1 N–H and O–H groups in total. The third kappa shape index (κ3) is 3.57. The molecule has 0 heterocycles. The van der Waals surface area contributed by atoms with Crippen LogP contribution < -0.4 is 5.32 Å². The molecule has 1 aromatic rings. The van der Waals surface area contributed by atoms with Crippen molar-refractivity contribution in [3.8, 4) is 11.8 Å². The van der Waals surface area contributed by atoms with Gasteiger partial charge in [0.1, 0.15) is 0 Å². The lowest BCUT2D eigenvalue weighted by Crippen LogP contribution is -1.98. The molecule has 0 unspecified atom stereocenters. The van der Waals surface area contributed by atoms with Crippen LogP contribution in [0.3, 0.4) is 0 Å². The van der Waals surface area contributed by atoms with Crippen LogP contribution in [0.5, 0.6) is 0 Å². The fraction of sp³-hybridized carbons (Fsp3) is 0.200. The van der Waals surface area contributed by atoms with Gasteiger partial charge in [-0.15, -0.1) is 5.92 Å². The fourth-order valence-electron chi connectivity index (χ4n) is 0.841. The van der Waals surface area contributed by atoms with Crippen molar-refractivity contribution in [3.63, 3.8) is 0 Å². The molecular formula is C10H9BrIN. The summed E-state index contributed by atoms with van der Waals surface area (Å²) in [5.41, 5.74) is 1.11. The predicted octanol–water partition coefficient (Wildman–Crippen LogP) is 3.49. The second-order valence-electron chi connectivity index (χ2n) is 2.41. The molecule has 1 aromatic carbocycles. The van der Waals surface area contributed by atoms with Gasteiger partial charge in [-0.3, -0.25) is 0 Å². The second-order valence-corrected chi connectivity index (χ2v) is 4.43. The standard InChI is InChI=1S/C10H9BrIN/c1-2-3-6-13-8-4-5-9(11)10(12)7-8/h4-5,7,13H,6H2,1H3. The lowest BCUT2D eigenvalue weighted by Gasteiger charge is -2.03. The Bertz CT molecular complexity index is 352. The van der Waals surface area contributed by atoms with Gasteiger partial charge in [-0.25, -0.2) is 0 Å². The van der Waals surface area contributed by atoms with Crippen molar-refractivity contribution >= 4 is 44.2 Å². The SMILES string of the molecule is CC#CCNc1ccc(Br)c(I)c1. The summed E-state index contributed by atoms with van der Waals surface area (Å²) >= 11 is 5.74. The topological polar surface area (TPSA) is 12.0 Å². The maximum Gasteiger partial charge on any atom is 0.0765 e. The summed E-state index contributed by atoms with van der Waals surface area (Å²) in [6.45, 7) is 2.54. The summed E-state index contributed by atoms with van der Waals surface area (Å²) in [5.74, 6) is 5.80. The zero-order valence-corrected chi connectivity index (χ0v) is 10.9. The van der Waals surface area contributed by atoms with Crippen molar-refractivity contribution in [1.29, 1.82) is 0 Å². The highest BCUT2D eigenvalue weighted by molar-refractivity contribution is 14.1. The molecule has 13 heavy (non-hydrogen) atoms. The Morgan fingerprint density at radius 1 is 1.54 bits per heavy atom. The summed E-state index contributed by atoms with van der Waals surface area (Å²) in [6.07, 6.45) is 0. The molecule has 0 amide bonds. The van der Waals surface area contributed by atoms with E-state index in [9.17, 15) is 0 Å². The van der Waals surface area contributed by atoms with Gasteiger partial charge in [0.15, 0.2) is 0 Å². The maximum absolute atomic E-state index is 3.45. The Labute approximate surface area is 101 Å². The predicted molar refractivity (Wildman–Crippen MR) is 68.8 cm³/mol. The molecule has 0 aliphatic heterocycles. The van der Waals surface area contributed by atoms with E-state index in [-0.39, 0.29) is 0 Å². The molecule has 0 fully saturated rings. The summed E-state index contributed by atoms with van der Waals surface area (Å²) in [7, 11) is 0. The minimum Gasteiger partial charge on any atom is -0.374 e. The molecule has 0 aliphatic rings. The van der Waals surface area contributed by atoms with Crippen LogP contribution in [-0.4, -0.2) is 6.54 Å². The maximum atomic E-state index is 3.45. The second kappa shape index (κ2) is 5.51. The van der Waals surface area contributed by atoms with Crippen LogP contribution in [0.1, 0.15) is 6.92 Å². The average molecular weight is 350 g/mol. The van der Waals surface area contributed by atoms with E-state index in [1.54, 1.807) is 0 Å². The lowest BCUT2D eigenvalue weighted by atomic mass is 10.3. The molecule has 0 saturated heterocycles. The van der Waals surface area contributed by atoms with Crippen molar-refractivity contribution in [2.24, 2.45) is 0 Å². The van der Waals surface area contributed by atoms with Gasteiger partial charge in [-0.1, -0.05) is 5.92 Å². The van der Waals surface area contributed by atoms with E-state index in [0.717, 1.165) is 10.2 Å². The number of halogens is 2. The highest BCUT2D eigenvalue weighted by Crippen LogP contribution is 2.22. The lowest BCUT2D eigenvalue weighted by molar-refractivity contribution is 1.37. The van der Waals surface area contributed by atoms with E-state index in [1.807, 2.05) is 19.1 Å². The molecule has 0 radical (unpaired) electrons. The largest absolute Gasteiger partial charge is 0.374 e. The number of rotatable bonds is 2. The van der Waals surface area contributed by atoms with E-state index in [4.69, 9.17) is 0 Å². The summed E-state index contributed by atoms with van der Waals surface area (Å²) < 4.78 is 2.33. The summed E-state index contributed by atoms with van der Waals surface area (Å²) in [4.78, 5) is 0. The molecule has 0 aliphatic carbocycles. The highest BCUT2D eigenvalue weighted by Gasteiger charge is 1.96. The molecule has 0 aromatic heterocycles. The van der Waals surface area contributed by atoms with E-state index >= 15 is 0 Å². The van der Waals surface area contributed by atoms with Crippen molar-refractivity contribution in [2.45, 2.75) is 6.92 Å². The summed E-state index contributed by atoms with van der Waals surface area (Å²) in [6, 6.07) is 6.15. The van der Waals surface area contributed by atoms with Gasteiger partial charge in [0.05, 0.1) is 6.54 Å². The van der Waals surface area contributed by atoms with E-state index in [0.29, 0.717) is 6.54 Å². The van der Waals surface area contributed by atoms with E-state index in [1.165, 1.54) is 3.57 Å². The first-order valence-corrected chi connectivity index (χ1v) is 5.69. The van der Waals surface area contributed by atoms with Gasteiger partial charge in [0.2, 0.25) is 0 Å². The van der Waals surface area contributed by atoms with Crippen LogP contribution in [0.15, 0.2) is 22.7 Å². The third-order valence-corrected chi connectivity index (χ3v) is 3.80. The molecule has 0 bridgehead atoms. The zero-order valence-electron chi connectivity index (χ0n) is 7.20. The molecule has 3 heteroatoms. The van der Waals surface area contributed by atoms with Crippen LogP contribution in [-0.2, 0) is 0 Å². The Morgan fingerprint density at radius 3 is 2.92 bits per heavy atom. The van der Waals surface area contributed by atoms with Crippen molar-refractivity contribution in [1.82, 2.24) is 0 Å². The Kier molecular flexibility index (Phi) is 4.60. The minimum absolute atomic E-state index is 0.703. The first-order chi connectivity index (χ1) is 6.24. The monoisotopic (exact) mass is 349 g/mol. The van der Waals surface area contributed by atoms with Crippen molar-refractivity contribution in [3.05, 3.63) is 26.2 Å². The normalized spacial score (nSPS) is 8.85. The number of hydrogen-bond donors (Lipinski definition) is 1. The first-order valence-electron chi connectivity index (χ1n) is 3.82. The fourth-order valence-corrected chi connectivity index (χ4v) is 1.60. The summed E-state index contributed by atoms with van der Waals surface area (Å²) in [5, 5.41) is 3.21. The van der Waals surface area contributed by atoms with Crippen LogP contribution >= 0.6 is 38.5 Å². The third-order valence-electron chi connectivity index (χ3n) is 1.48. The van der Waals surface area contributed by atoms with Crippen LogP contribution in [0.2, 0.25) is 0 Å². The molecular weight excluding hydrogens is 341 g/mol. The van der Waals surface area contributed by atoms with Crippen LogP contribution in [0.25, 0.3) is 0 Å². The molecule has 0 saturated carbocycles. The number of anilines is 1. The van der Waals surface area contributed by atoms with Gasteiger partial charge >= 0.3 is 0 Å². The van der Waals surface area contributed by atoms with Gasteiger partial charge in [0, 0.05) is 13.7 Å². The van der Waals surface area contributed by atoms with Gasteiger partial charge < -0.3 is 5.32 Å². The molecule has 0 spiro atoms. The van der Waals surface area contributed by atoms with E-state index in [2.05, 4.69) is 61.7 Å². The zero-order chi connectivity index (χ0) is 9.68. The van der Waals surface area contributed by atoms with Gasteiger partial charge in [0.25, 0.3) is 0 Å². The Balaban J connectivity index is 2.66. The number of hydrogen-bond acceptors (Lipinski definition) is 1. The van der Waals surface area contributed by atoms with E-state index < -0.39 is 0 Å². The van der Waals surface area contributed by atoms with Crippen LogP contribution in [0, 0.1) is 15.4 Å². The number of benzene rings is 1. The van der Waals surface area contributed by atoms with Crippen LogP contribution in [0.4, 0.5) is 5.69 Å². The first kappa shape index (κ1) is 10.9. The van der Waals surface area contributed by atoms with Gasteiger partial charge in [-0.2, -0.15) is 0 Å². The van der Waals surface area contributed by atoms with Crippen molar-refractivity contribution in [2.75, 3.05) is 11.9 Å². The quantitative estimate of drug-likeness (QED) is 0.636. The highest BCUT2D eigenvalue weighted by atomic mass is 127. The Hall–Kier alpha value is -0.210. The Morgan fingerprint density at radius 2 is 2.31 bits per heavy atom. The molecule has 0 atom stereocenters. The number of nitrogens with one attached hydrogen (secondary N) is 1. The van der Waals surface area contributed by atoms with Gasteiger partial charge in [-0.05, 0) is 63.6 Å². The smallest absolute Gasteiger partial charge is 0.0765 e. The molecule has 1 rings (SSSR count). The average Bonchev–Trinajstić information content (AvgIpc) is 2.12. The molecule has 1 nitrogen and oxygen atoms in total. The molecule has 68 valence electrons. The minimum atomic E-state index is 0.703.